The number of benzene rings is 1. The molecular weight excluding hydrogens is 413 g/mol. The standard InChI is InChI=1S/C25H34FNO5/c1-25(2,3)32-24(30)27-13-12-19(16-8-6-5-7-9-16)22(27)21(28)15-17-10-11-18(14-20(17)26)23(29)31-4/h10-11,14,16,19,22H,5-9,12-13,15H2,1-4H3/t19-,22-/m0/s1. The molecule has 0 N–H and O–H groups in total. The first-order valence-corrected chi connectivity index (χ1v) is 11.5. The maximum Gasteiger partial charge on any atom is 0.410 e. The van der Waals surface area contributed by atoms with Gasteiger partial charge in [-0.25, -0.2) is 14.0 Å². The van der Waals surface area contributed by atoms with Crippen molar-refractivity contribution < 1.29 is 28.2 Å². The number of hydrogen-bond acceptors (Lipinski definition) is 5. The third kappa shape index (κ3) is 5.67. The lowest BCUT2D eigenvalue weighted by Gasteiger charge is -2.34. The Morgan fingerprint density at radius 2 is 1.78 bits per heavy atom. The maximum absolute atomic E-state index is 14.7. The van der Waals surface area contributed by atoms with E-state index in [0.29, 0.717) is 12.5 Å². The molecule has 1 heterocycles. The summed E-state index contributed by atoms with van der Waals surface area (Å²) in [6, 6.07) is 3.37. The lowest BCUT2D eigenvalue weighted by molar-refractivity contribution is -0.124. The maximum atomic E-state index is 14.7. The predicted molar refractivity (Wildman–Crippen MR) is 118 cm³/mol. The van der Waals surface area contributed by atoms with Gasteiger partial charge in [0.05, 0.1) is 18.7 Å². The van der Waals surface area contributed by atoms with E-state index < -0.39 is 29.5 Å². The molecule has 1 aromatic rings. The zero-order valence-corrected chi connectivity index (χ0v) is 19.5. The summed E-state index contributed by atoms with van der Waals surface area (Å²) in [7, 11) is 1.23. The third-order valence-corrected chi connectivity index (χ3v) is 6.50. The minimum Gasteiger partial charge on any atom is -0.465 e. The Balaban J connectivity index is 1.83. The summed E-state index contributed by atoms with van der Waals surface area (Å²) >= 11 is 0. The fraction of sp³-hybridized carbons (Fsp3) is 0.640. The Morgan fingerprint density at radius 1 is 1.09 bits per heavy atom. The summed E-state index contributed by atoms with van der Waals surface area (Å²) in [6.45, 7) is 5.87. The first kappa shape index (κ1) is 24.2. The van der Waals surface area contributed by atoms with Gasteiger partial charge in [0.1, 0.15) is 11.4 Å². The molecule has 2 atom stereocenters. The molecule has 1 saturated carbocycles. The average Bonchev–Trinajstić information content (AvgIpc) is 3.19. The fourth-order valence-electron chi connectivity index (χ4n) is 5.04. The second-order valence-corrected chi connectivity index (χ2v) is 9.91. The minimum absolute atomic E-state index is 0.0627. The molecule has 0 radical (unpaired) electrons. The number of ether oxygens (including phenoxy) is 2. The van der Waals surface area contributed by atoms with Crippen LogP contribution in [0.25, 0.3) is 0 Å². The normalized spacial score (nSPS) is 22.0. The van der Waals surface area contributed by atoms with E-state index in [4.69, 9.17) is 4.74 Å². The zero-order chi connectivity index (χ0) is 23.5. The molecule has 1 aliphatic heterocycles. The van der Waals surface area contributed by atoms with Gasteiger partial charge in [0.25, 0.3) is 0 Å². The van der Waals surface area contributed by atoms with Crippen molar-refractivity contribution in [3.8, 4) is 0 Å². The molecule has 6 nitrogen and oxygen atoms in total. The van der Waals surface area contributed by atoms with Crippen LogP contribution in [0, 0.1) is 17.7 Å². The van der Waals surface area contributed by atoms with Crippen molar-refractivity contribution in [2.75, 3.05) is 13.7 Å². The number of carbonyl (C=O) groups excluding carboxylic acids is 3. The van der Waals surface area contributed by atoms with Crippen LogP contribution in [0.15, 0.2) is 18.2 Å². The first-order valence-electron chi connectivity index (χ1n) is 11.5. The Bertz CT molecular complexity index is 856. The van der Waals surface area contributed by atoms with E-state index >= 15 is 0 Å². The molecule has 1 saturated heterocycles. The van der Waals surface area contributed by atoms with Gasteiger partial charge in [-0.1, -0.05) is 38.2 Å². The summed E-state index contributed by atoms with van der Waals surface area (Å²) in [6.07, 6.45) is 5.71. The van der Waals surface area contributed by atoms with E-state index in [2.05, 4.69) is 4.74 Å². The zero-order valence-electron chi connectivity index (χ0n) is 19.5. The predicted octanol–water partition coefficient (Wildman–Crippen LogP) is 4.93. The van der Waals surface area contributed by atoms with Crippen LogP contribution in [0.3, 0.4) is 0 Å². The number of ketones is 1. The van der Waals surface area contributed by atoms with Crippen molar-refractivity contribution >= 4 is 17.8 Å². The van der Waals surface area contributed by atoms with Crippen molar-refractivity contribution in [2.45, 2.75) is 77.4 Å². The molecule has 1 amide bonds. The van der Waals surface area contributed by atoms with E-state index in [1.54, 1.807) is 25.7 Å². The number of amides is 1. The van der Waals surface area contributed by atoms with Gasteiger partial charge < -0.3 is 9.47 Å². The molecule has 176 valence electrons. The number of Topliss-reactive ketones (excluding diaryl/α,β-unsaturated/α-hetero) is 1. The number of nitrogens with zero attached hydrogens (tertiary/aromatic N) is 1. The molecular formula is C25H34FNO5. The van der Waals surface area contributed by atoms with E-state index in [9.17, 15) is 18.8 Å². The highest BCUT2D eigenvalue weighted by Gasteiger charge is 2.46. The van der Waals surface area contributed by atoms with Crippen LogP contribution in [0.2, 0.25) is 0 Å². The highest BCUT2D eigenvalue weighted by molar-refractivity contribution is 5.91. The number of rotatable bonds is 5. The van der Waals surface area contributed by atoms with Gasteiger partial charge in [-0.05, 0) is 56.7 Å². The van der Waals surface area contributed by atoms with E-state index in [-0.39, 0.29) is 29.2 Å². The topological polar surface area (TPSA) is 72.9 Å². The Hall–Kier alpha value is -2.44. The average molecular weight is 448 g/mol. The summed E-state index contributed by atoms with van der Waals surface area (Å²) in [5.74, 6) is -0.999. The van der Waals surface area contributed by atoms with E-state index in [1.165, 1.54) is 25.7 Å². The van der Waals surface area contributed by atoms with Crippen LogP contribution in [0.1, 0.15) is 75.2 Å². The van der Waals surface area contributed by atoms with Gasteiger partial charge in [-0.2, -0.15) is 0 Å². The molecule has 3 rings (SSSR count). The lowest BCUT2D eigenvalue weighted by atomic mass is 9.75. The number of hydrogen-bond donors (Lipinski definition) is 0. The van der Waals surface area contributed by atoms with Gasteiger partial charge in [0.15, 0.2) is 5.78 Å². The van der Waals surface area contributed by atoms with Crippen molar-refractivity contribution in [1.82, 2.24) is 4.90 Å². The summed E-state index contributed by atoms with van der Waals surface area (Å²) in [4.78, 5) is 39.6. The van der Waals surface area contributed by atoms with Gasteiger partial charge in [0, 0.05) is 13.0 Å². The quantitative estimate of drug-likeness (QED) is 0.599. The van der Waals surface area contributed by atoms with Gasteiger partial charge >= 0.3 is 12.1 Å². The van der Waals surface area contributed by atoms with Crippen LogP contribution in [-0.2, 0) is 20.7 Å². The fourth-order valence-corrected chi connectivity index (χ4v) is 5.04. The van der Waals surface area contributed by atoms with Crippen LogP contribution < -0.4 is 0 Å². The molecule has 1 aromatic carbocycles. The van der Waals surface area contributed by atoms with Crippen LogP contribution in [0.5, 0.6) is 0 Å². The van der Waals surface area contributed by atoms with Crippen LogP contribution >= 0.6 is 0 Å². The number of methoxy groups -OCH3 is 1. The minimum atomic E-state index is -0.663. The molecule has 0 spiro atoms. The van der Waals surface area contributed by atoms with Crippen LogP contribution in [0.4, 0.5) is 9.18 Å². The Labute approximate surface area is 189 Å². The van der Waals surface area contributed by atoms with Gasteiger partial charge in [-0.3, -0.25) is 9.69 Å². The van der Waals surface area contributed by atoms with Gasteiger partial charge in [0.2, 0.25) is 0 Å². The number of esters is 1. The Morgan fingerprint density at radius 3 is 2.38 bits per heavy atom. The molecule has 32 heavy (non-hydrogen) atoms. The van der Waals surface area contributed by atoms with Crippen molar-refractivity contribution in [2.24, 2.45) is 11.8 Å². The number of likely N-dealkylation sites (tertiary alicyclic amines) is 1. The SMILES string of the molecule is COC(=O)c1ccc(CC(=O)[C@@H]2[C@H](C3CCCCC3)CCN2C(=O)OC(C)(C)C)c(F)c1. The molecule has 2 aliphatic rings. The molecule has 1 aliphatic carbocycles. The second-order valence-electron chi connectivity index (χ2n) is 9.91. The highest BCUT2D eigenvalue weighted by Crippen LogP contribution is 2.40. The monoisotopic (exact) mass is 447 g/mol. The molecule has 0 bridgehead atoms. The molecule has 0 aromatic heterocycles. The van der Waals surface area contributed by atoms with Crippen LogP contribution in [-0.4, -0.2) is 48.0 Å². The van der Waals surface area contributed by atoms with Crippen molar-refractivity contribution in [1.29, 1.82) is 0 Å². The summed E-state index contributed by atoms with van der Waals surface area (Å²) in [5, 5.41) is 0. The van der Waals surface area contributed by atoms with Gasteiger partial charge in [-0.15, -0.1) is 0 Å². The lowest BCUT2D eigenvalue weighted by Crippen LogP contribution is -2.47. The Kier molecular flexibility index (Phi) is 7.57. The molecule has 7 heteroatoms. The number of halogens is 1. The van der Waals surface area contributed by atoms with E-state index in [1.807, 2.05) is 0 Å². The van der Waals surface area contributed by atoms with E-state index in [0.717, 1.165) is 38.2 Å². The second kappa shape index (κ2) is 10.0. The number of carbonyl (C=O) groups is 3. The smallest absolute Gasteiger partial charge is 0.410 e. The molecule has 0 unspecified atom stereocenters. The highest BCUT2D eigenvalue weighted by atomic mass is 19.1. The summed E-state index contributed by atoms with van der Waals surface area (Å²) in [5.41, 5.74) is -0.359. The van der Waals surface area contributed by atoms with Crippen molar-refractivity contribution in [3.05, 3.63) is 35.1 Å². The third-order valence-electron chi connectivity index (χ3n) is 6.50. The summed E-state index contributed by atoms with van der Waals surface area (Å²) < 4.78 is 24.9. The first-order chi connectivity index (χ1) is 15.1. The largest absolute Gasteiger partial charge is 0.465 e. The molecule has 2 fully saturated rings. The van der Waals surface area contributed by atoms with Crippen molar-refractivity contribution in [3.63, 3.8) is 0 Å².